The zero-order valence-electron chi connectivity index (χ0n) is 40.7. The zero-order valence-corrected chi connectivity index (χ0v) is 41.6. The van der Waals surface area contributed by atoms with Gasteiger partial charge >= 0.3 is 19.8 Å². The first kappa shape index (κ1) is 60.4. The molecule has 362 valence electrons. The first-order valence-electron chi connectivity index (χ1n) is 24.3. The van der Waals surface area contributed by atoms with Gasteiger partial charge in [-0.2, -0.15) is 0 Å². The molecule has 0 bridgehead atoms. The number of allylic oxidation sites excluding steroid dienone is 20. The molecule has 0 aromatic carbocycles. The van der Waals surface area contributed by atoms with E-state index in [1.54, 1.807) is 0 Å². The van der Waals surface area contributed by atoms with Crippen LogP contribution in [0, 0.1) is 0 Å². The Bertz CT molecular complexity index is 1490. The van der Waals surface area contributed by atoms with E-state index in [1.165, 1.54) is 51.4 Å². The molecule has 0 heterocycles. The molecule has 9 nitrogen and oxygen atoms in total. The summed E-state index contributed by atoms with van der Waals surface area (Å²) >= 11 is 0. The highest BCUT2D eigenvalue weighted by Crippen LogP contribution is 2.43. The fraction of sp³-hybridized carbons (Fsp3) is 0.593. The van der Waals surface area contributed by atoms with Crippen LogP contribution in [0.25, 0.3) is 0 Å². The summed E-state index contributed by atoms with van der Waals surface area (Å²) in [5.74, 6) is -0.974. The van der Waals surface area contributed by atoms with Gasteiger partial charge in [0.05, 0.1) is 27.7 Å². The number of phosphoric ester groups is 1. The molecule has 1 unspecified atom stereocenters. The van der Waals surface area contributed by atoms with Crippen LogP contribution in [-0.2, 0) is 32.7 Å². The highest BCUT2D eigenvalue weighted by Gasteiger charge is 2.27. The Morgan fingerprint density at radius 2 is 0.922 bits per heavy atom. The molecule has 0 saturated carbocycles. The SMILES string of the molecule is CC/C=C/C/C=C/C/C=C/C/C=C/C/C=C/C/C=C/CCC(=O)OC[C@H](COP(=O)(O)OCC[N+](C)(C)C)OC(=O)CCC/C=C/C/C=C/C/C=C/C/C=C/CCCCCCCCC. The number of esters is 2. The number of hydrogen-bond donors (Lipinski definition) is 1. The quantitative estimate of drug-likeness (QED) is 0.0212. The van der Waals surface area contributed by atoms with Crippen LogP contribution >= 0.6 is 7.82 Å². The zero-order chi connectivity index (χ0) is 47.1. The molecular formula is C54H89NO8P+. The molecule has 0 rings (SSSR count). The third kappa shape index (κ3) is 47.9. The van der Waals surface area contributed by atoms with Crippen LogP contribution in [0.3, 0.4) is 0 Å². The maximum atomic E-state index is 12.7. The summed E-state index contributed by atoms with van der Waals surface area (Å²) in [7, 11) is 1.38. The minimum atomic E-state index is -4.42. The molecule has 0 aromatic heterocycles. The van der Waals surface area contributed by atoms with Crippen LogP contribution in [0.1, 0.15) is 155 Å². The van der Waals surface area contributed by atoms with Gasteiger partial charge in [0.15, 0.2) is 6.10 Å². The molecule has 0 saturated heterocycles. The second-order valence-electron chi connectivity index (χ2n) is 16.8. The van der Waals surface area contributed by atoms with Gasteiger partial charge in [0.25, 0.3) is 0 Å². The van der Waals surface area contributed by atoms with E-state index in [0.29, 0.717) is 30.3 Å². The maximum absolute atomic E-state index is 12.7. The smallest absolute Gasteiger partial charge is 0.462 e. The number of ether oxygens (including phenoxy) is 2. The number of quaternary nitrogens is 1. The van der Waals surface area contributed by atoms with Crippen molar-refractivity contribution in [2.24, 2.45) is 0 Å². The molecule has 64 heavy (non-hydrogen) atoms. The van der Waals surface area contributed by atoms with Crippen molar-refractivity contribution in [1.82, 2.24) is 0 Å². The van der Waals surface area contributed by atoms with E-state index in [2.05, 4.69) is 117 Å². The van der Waals surface area contributed by atoms with Gasteiger partial charge < -0.3 is 18.9 Å². The predicted molar refractivity (Wildman–Crippen MR) is 270 cm³/mol. The first-order chi connectivity index (χ1) is 31.0. The predicted octanol–water partition coefficient (Wildman–Crippen LogP) is 14.5. The van der Waals surface area contributed by atoms with E-state index in [9.17, 15) is 19.0 Å². The molecular weight excluding hydrogens is 822 g/mol. The van der Waals surface area contributed by atoms with Crippen LogP contribution < -0.4 is 0 Å². The van der Waals surface area contributed by atoms with Crippen molar-refractivity contribution in [2.45, 2.75) is 161 Å². The number of unbranched alkanes of at least 4 members (excludes halogenated alkanes) is 8. The lowest BCUT2D eigenvalue weighted by Crippen LogP contribution is -2.37. The van der Waals surface area contributed by atoms with E-state index in [4.69, 9.17) is 18.5 Å². The molecule has 0 aromatic rings. The normalized spacial score (nSPS) is 14.5. The lowest BCUT2D eigenvalue weighted by molar-refractivity contribution is -0.870. The maximum Gasteiger partial charge on any atom is 0.472 e. The largest absolute Gasteiger partial charge is 0.472 e. The summed E-state index contributed by atoms with van der Waals surface area (Å²) in [6.07, 6.45) is 62.8. The average molecular weight is 911 g/mol. The fourth-order valence-electron chi connectivity index (χ4n) is 5.74. The van der Waals surface area contributed by atoms with Crippen LogP contribution in [-0.4, -0.2) is 74.9 Å². The van der Waals surface area contributed by atoms with Gasteiger partial charge in [-0.1, -0.05) is 174 Å². The van der Waals surface area contributed by atoms with E-state index >= 15 is 0 Å². The van der Waals surface area contributed by atoms with Crippen LogP contribution in [0.2, 0.25) is 0 Å². The monoisotopic (exact) mass is 911 g/mol. The summed E-state index contributed by atoms with van der Waals surface area (Å²) in [5, 5.41) is 0. The molecule has 10 heteroatoms. The van der Waals surface area contributed by atoms with Crippen molar-refractivity contribution in [1.29, 1.82) is 0 Å². The van der Waals surface area contributed by atoms with Crippen LogP contribution in [0.4, 0.5) is 0 Å². The summed E-state index contributed by atoms with van der Waals surface area (Å²) in [6.45, 7) is 4.13. The Kier molecular flexibility index (Phi) is 42.1. The van der Waals surface area contributed by atoms with Crippen molar-refractivity contribution >= 4 is 19.8 Å². The number of rotatable bonds is 42. The van der Waals surface area contributed by atoms with Crippen molar-refractivity contribution < 1.29 is 42.1 Å². The Morgan fingerprint density at radius 3 is 1.39 bits per heavy atom. The van der Waals surface area contributed by atoms with E-state index < -0.39 is 32.5 Å². The molecule has 0 radical (unpaired) electrons. The van der Waals surface area contributed by atoms with E-state index in [0.717, 1.165) is 57.8 Å². The van der Waals surface area contributed by atoms with Crippen LogP contribution in [0.15, 0.2) is 122 Å². The van der Waals surface area contributed by atoms with Crippen molar-refractivity contribution in [3.8, 4) is 0 Å². The summed E-state index contributed by atoms with van der Waals surface area (Å²) in [4.78, 5) is 35.4. The molecule has 0 fully saturated rings. The number of carbonyl (C=O) groups excluding carboxylic acids is 2. The van der Waals surface area contributed by atoms with Gasteiger partial charge in [-0.15, -0.1) is 0 Å². The molecule has 0 amide bonds. The second-order valence-corrected chi connectivity index (χ2v) is 18.2. The van der Waals surface area contributed by atoms with Crippen molar-refractivity contribution in [3.05, 3.63) is 122 Å². The van der Waals surface area contributed by atoms with Crippen LogP contribution in [0.5, 0.6) is 0 Å². The van der Waals surface area contributed by atoms with Crippen molar-refractivity contribution in [3.63, 3.8) is 0 Å². The average Bonchev–Trinajstić information content (AvgIpc) is 3.25. The summed E-state index contributed by atoms with van der Waals surface area (Å²) in [6, 6.07) is 0. The minimum absolute atomic E-state index is 0.00294. The van der Waals surface area contributed by atoms with Gasteiger partial charge in [-0.05, 0) is 89.9 Å². The first-order valence-corrected chi connectivity index (χ1v) is 25.8. The molecule has 0 aliphatic rings. The third-order valence-corrected chi connectivity index (χ3v) is 10.5. The Morgan fingerprint density at radius 1 is 0.500 bits per heavy atom. The van der Waals surface area contributed by atoms with E-state index in [1.807, 2.05) is 39.4 Å². The fourth-order valence-corrected chi connectivity index (χ4v) is 6.48. The highest BCUT2D eigenvalue weighted by molar-refractivity contribution is 7.47. The molecule has 2 atom stereocenters. The Hall–Kier alpha value is -3.59. The second kappa shape index (κ2) is 44.6. The molecule has 0 spiro atoms. The van der Waals surface area contributed by atoms with Gasteiger partial charge in [0.2, 0.25) is 0 Å². The highest BCUT2D eigenvalue weighted by atomic mass is 31.2. The topological polar surface area (TPSA) is 108 Å². The van der Waals surface area contributed by atoms with Gasteiger partial charge in [0, 0.05) is 12.8 Å². The van der Waals surface area contributed by atoms with Gasteiger partial charge in [0.1, 0.15) is 19.8 Å². The molecule has 0 aliphatic heterocycles. The van der Waals surface area contributed by atoms with E-state index in [-0.39, 0.29) is 26.1 Å². The number of likely N-dealkylation sites (N-methyl/N-ethyl adjacent to an activating group) is 1. The molecule has 1 N–H and O–H groups in total. The van der Waals surface area contributed by atoms with Gasteiger partial charge in [-0.25, -0.2) is 4.57 Å². The van der Waals surface area contributed by atoms with Crippen molar-refractivity contribution in [2.75, 3.05) is 47.5 Å². The lowest BCUT2D eigenvalue weighted by Gasteiger charge is -2.24. The number of carbonyl (C=O) groups is 2. The summed E-state index contributed by atoms with van der Waals surface area (Å²) < 4.78 is 34.2. The lowest BCUT2D eigenvalue weighted by atomic mass is 10.1. The number of hydrogen-bond acceptors (Lipinski definition) is 7. The minimum Gasteiger partial charge on any atom is -0.462 e. The third-order valence-electron chi connectivity index (χ3n) is 9.49. The van der Waals surface area contributed by atoms with Gasteiger partial charge in [-0.3, -0.25) is 18.6 Å². The Labute approximate surface area is 390 Å². The summed E-state index contributed by atoms with van der Waals surface area (Å²) in [5.41, 5.74) is 0. The number of nitrogens with zero attached hydrogens (tertiary/aromatic N) is 1. The number of phosphoric acid groups is 1. The molecule has 0 aliphatic carbocycles. The Balaban J connectivity index is 4.54. The standard InChI is InChI=1S/C54H88NO8P/c1-6-8-10-12-14-16-18-20-22-24-26-27-29-31-33-35-37-39-41-43-45-47-54(57)63-52(51-62-64(58,59)61-49-48-55(3,4)5)50-60-53(56)46-44-42-40-38-36-34-32-30-28-25-23-21-19-17-15-13-11-9-7-2/h9,11,15,17,21-24,27-30,33-36,39-42,52H,6-8,10,12-14,16,18-20,25-26,31-32,37-38,43-51H2,1-5H3/p+1/b11-9+,17-15+,23-21+,24-22+,29-27+,30-28+,35-33+,36-34+,41-39+,42-40+/t52-/m1/s1.